The van der Waals surface area contributed by atoms with Crippen molar-refractivity contribution >= 4 is 18.2 Å². The summed E-state index contributed by atoms with van der Waals surface area (Å²) in [6.07, 6.45) is 4.20. The van der Waals surface area contributed by atoms with Crippen LogP contribution in [-0.4, -0.2) is 33.4 Å². The molecular formula is C13H12N2O4. The fourth-order valence-electron chi connectivity index (χ4n) is 1.89. The third-order valence-electron chi connectivity index (χ3n) is 2.90. The molecule has 1 aromatic heterocycles. The molecule has 2 rings (SSSR count). The van der Waals surface area contributed by atoms with Crippen molar-refractivity contribution in [2.45, 2.75) is 13.0 Å². The van der Waals surface area contributed by atoms with Gasteiger partial charge in [-0.25, -0.2) is 9.59 Å². The monoisotopic (exact) mass is 260 g/mol. The lowest BCUT2D eigenvalue weighted by Gasteiger charge is -2.20. The van der Waals surface area contributed by atoms with Crippen molar-refractivity contribution in [2.24, 2.45) is 10.9 Å². The Morgan fingerprint density at radius 2 is 1.95 bits per heavy atom. The van der Waals surface area contributed by atoms with E-state index in [4.69, 9.17) is 10.2 Å². The molecule has 1 aromatic rings. The second-order valence-electron chi connectivity index (χ2n) is 4.29. The van der Waals surface area contributed by atoms with Crippen molar-refractivity contribution in [2.75, 3.05) is 0 Å². The lowest BCUT2D eigenvalue weighted by Crippen LogP contribution is -2.16. The highest BCUT2D eigenvalue weighted by Crippen LogP contribution is 2.29. The van der Waals surface area contributed by atoms with E-state index in [9.17, 15) is 9.59 Å². The quantitative estimate of drug-likeness (QED) is 0.858. The van der Waals surface area contributed by atoms with Crippen LogP contribution in [0.3, 0.4) is 0 Å². The van der Waals surface area contributed by atoms with Crippen LogP contribution in [0.25, 0.3) is 0 Å². The number of hydrogen-bond donors (Lipinski definition) is 2. The Kier molecular flexibility index (Phi) is 3.41. The van der Waals surface area contributed by atoms with E-state index < -0.39 is 11.9 Å². The van der Waals surface area contributed by atoms with E-state index in [0.717, 1.165) is 0 Å². The molecule has 0 amide bonds. The molecule has 2 unspecified atom stereocenters. The number of hydrogen-bond acceptors (Lipinski definition) is 4. The van der Waals surface area contributed by atoms with Gasteiger partial charge in [0.05, 0.1) is 22.9 Å². The minimum Gasteiger partial charge on any atom is -0.478 e. The summed E-state index contributed by atoms with van der Waals surface area (Å²) >= 11 is 0. The molecule has 2 heterocycles. The number of aromatic nitrogens is 1. The first-order valence-corrected chi connectivity index (χ1v) is 5.66. The average Bonchev–Trinajstić information content (AvgIpc) is 2.38. The zero-order valence-corrected chi connectivity index (χ0v) is 10.1. The van der Waals surface area contributed by atoms with Crippen molar-refractivity contribution in [3.63, 3.8) is 0 Å². The Labute approximate surface area is 109 Å². The largest absolute Gasteiger partial charge is 0.478 e. The normalized spacial score (nSPS) is 21.8. The summed E-state index contributed by atoms with van der Waals surface area (Å²) in [4.78, 5) is 29.8. The number of pyridine rings is 1. The molecule has 0 spiro atoms. The van der Waals surface area contributed by atoms with Crippen molar-refractivity contribution in [1.82, 2.24) is 4.98 Å². The van der Waals surface area contributed by atoms with Crippen LogP contribution in [0, 0.1) is 5.92 Å². The van der Waals surface area contributed by atoms with Crippen LogP contribution in [0.4, 0.5) is 0 Å². The van der Waals surface area contributed by atoms with Crippen LogP contribution in [0.2, 0.25) is 0 Å². The molecule has 0 saturated carbocycles. The zero-order valence-electron chi connectivity index (χ0n) is 10.1. The molecule has 1 aliphatic heterocycles. The minimum absolute atomic E-state index is 0.109. The Morgan fingerprint density at radius 3 is 2.42 bits per heavy atom. The second-order valence-corrected chi connectivity index (χ2v) is 4.29. The minimum atomic E-state index is -1.03. The number of aliphatic carboxylic acids is 1. The SMILES string of the molecule is CC1C=C(C(=O)O)C=NC1c1ccc(C(=O)O)cn1. The molecule has 6 heteroatoms. The van der Waals surface area contributed by atoms with Gasteiger partial charge in [-0.2, -0.15) is 0 Å². The molecule has 19 heavy (non-hydrogen) atoms. The highest BCUT2D eigenvalue weighted by molar-refractivity contribution is 6.09. The predicted molar refractivity (Wildman–Crippen MR) is 67.3 cm³/mol. The highest BCUT2D eigenvalue weighted by atomic mass is 16.4. The number of dihydropyridines is 1. The first-order chi connectivity index (χ1) is 8.99. The van der Waals surface area contributed by atoms with E-state index in [1.54, 1.807) is 12.1 Å². The maximum Gasteiger partial charge on any atom is 0.337 e. The molecule has 0 saturated heterocycles. The molecule has 2 N–H and O–H groups in total. The van der Waals surface area contributed by atoms with Crippen LogP contribution < -0.4 is 0 Å². The molecule has 0 aromatic carbocycles. The van der Waals surface area contributed by atoms with Gasteiger partial charge in [-0.3, -0.25) is 9.98 Å². The standard InChI is InChI=1S/C13H12N2O4/c1-7-4-9(13(18)19)6-15-11(7)10-3-2-8(5-14-10)12(16)17/h2-7,11H,1H3,(H,16,17)(H,18,19). The first-order valence-electron chi connectivity index (χ1n) is 5.66. The molecule has 98 valence electrons. The van der Waals surface area contributed by atoms with Crippen LogP contribution in [0.5, 0.6) is 0 Å². The van der Waals surface area contributed by atoms with E-state index in [1.807, 2.05) is 6.92 Å². The van der Waals surface area contributed by atoms with Crippen molar-refractivity contribution in [3.05, 3.63) is 41.2 Å². The van der Waals surface area contributed by atoms with Gasteiger partial charge in [0, 0.05) is 18.3 Å². The Hall–Kier alpha value is -2.50. The van der Waals surface area contributed by atoms with Crippen LogP contribution >= 0.6 is 0 Å². The summed E-state index contributed by atoms with van der Waals surface area (Å²) in [6.45, 7) is 1.84. The van der Waals surface area contributed by atoms with Crippen molar-refractivity contribution in [3.8, 4) is 0 Å². The van der Waals surface area contributed by atoms with Crippen LogP contribution in [0.15, 0.2) is 35.0 Å². The second kappa shape index (κ2) is 5.01. The smallest absolute Gasteiger partial charge is 0.337 e. The summed E-state index contributed by atoms with van der Waals surface area (Å²) in [7, 11) is 0. The van der Waals surface area contributed by atoms with Gasteiger partial charge in [0.2, 0.25) is 0 Å². The summed E-state index contributed by atoms with van der Waals surface area (Å²) in [5.41, 5.74) is 0.887. The van der Waals surface area contributed by atoms with E-state index in [2.05, 4.69) is 9.98 Å². The Balaban J connectivity index is 2.23. The van der Waals surface area contributed by atoms with E-state index in [0.29, 0.717) is 5.69 Å². The lowest BCUT2D eigenvalue weighted by atomic mass is 9.94. The van der Waals surface area contributed by atoms with Crippen LogP contribution in [-0.2, 0) is 4.79 Å². The van der Waals surface area contributed by atoms with E-state index in [-0.39, 0.29) is 23.1 Å². The number of aliphatic imine (C=N–C) groups is 1. The van der Waals surface area contributed by atoms with Gasteiger partial charge in [0.25, 0.3) is 0 Å². The zero-order chi connectivity index (χ0) is 14.0. The third-order valence-corrected chi connectivity index (χ3v) is 2.90. The molecule has 0 radical (unpaired) electrons. The number of nitrogens with zero attached hydrogens (tertiary/aromatic N) is 2. The van der Waals surface area contributed by atoms with Gasteiger partial charge >= 0.3 is 11.9 Å². The first kappa shape index (κ1) is 12.9. The number of aromatic carboxylic acids is 1. The van der Waals surface area contributed by atoms with Crippen molar-refractivity contribution < 1.29 is 19.8 Å². The summed E-state index contributed by atoms with van der Waals surface area (Å²) in [5, 5.41) is 17.7. The summed E-state index contributed by atoms with van der Waals surface area (Å²) in [6, 6.07) is 2.77. The highest BCUT2D eigenvalue weighted by Gasteiger charge is 2.23. The number of carbonyl (C=O) groups is 2. The fourth-order valence-corrected chi connectivity index (χ4v) is 1.89. The number of carboxylic acids is 2. The summed E-state index contributed by atoms with van der Waals surface area (Å²) < 4.78 is 0. The Morgan fingerprint density at radius 1 is 1.21 bits per heavy atom. The third kappa shape index (κ3) is 2.67. The van der Waals surface area contributed by atoms with Gasteiger partial charge in [-0.15, -0.1) is 0 Å². The van der Waals surface area contributed by atoms with Gasteiger partial charge in [-0.1, -0.05) is 13.0 Å². The molecule has 0 aliphatic carbocycles. The van der Waals surface area contributed by atoms with E-state index >= 15 is 0 Å². The topological polar surface area (TPSA) is 99.8 Å². The Bertz CT molecular complexity index is 575. The number of rotatable bonds is 3. The molecule has 1 aliphatic rings. The maximum atomic E-state index is 10.8. The molecule has 0 fully saturated rings. The van der Waals surface area contributed by atoms with Crippen molar-refractivity contribution in [1.29, 1.82) is 0 Å². The van der Waals surface area contributed by atoms with Gasteiger partial charge in [-0.05, 0) is 12.1 Å². The van der Waals surface area contributed by atoms with Gasteiger partial charge in [0.1, 0.15) is 0 Å². The van der Waals surface area contributed by atoms with Gasteiger partial charge in [0.15, 0.2) is 0 Å². The van der Waals surface area contributed by atoms with Crippen LogP contribution in [0.1, 0.15) is 29.0 Å². The fraction of sp³-hybridized carbons (Fsp3) is 0.231. The van der Waals surface area contributed by atoms with E-state index in [1.165, 1.54) is 18.5 Å². The number of carboxylic acid groups (broad SMARTS) is 2. The summed E-state index contributed by atoms with van der Waals surface area (Å²) in [5.74, 6) is -2.16. The molecule has 6 nitrogen and oxygen atoms in total. The predicted octanol–water partition coefficient (Wildman–Crippen LogP) is 1.55. The molecule has 2 atom stereocenters. The van der Waals surface area contributed by atoms with Gasteiger partial charge < -0.3 is 10.2 Å². The molecular weight excluding hydrogens is 248 g/mol. The lowest BCUT2D eigenvalue weighted by molar-refractivity contribution is -0.132. The molecule has 0 bridgehead atoms. The maximum absolute atomic E-state index is 10.8. The average molecular weight is 260 g/mol.